The predicted octanol–water partition coefficient (Wildman–Crippen LogP) is 2.98. The highest BCUT2D eigenvalue weighted by Gasteiger charge is 2.15. The second-order valence-corrected chi connectivity index (χ2v) is 3.69. The Morgan fingerprint density at radius 3 is 2.40 bits per heavy atom. The number of hydrogen-bond acceptors (Lipinski definition) is 2. The van der Waals surface area contributed by atoms with E-state index in [1.54, 1.807) is 6.26 Å². The van der Waals surface area contributed by atoms with Crippen LogP contribution in [0, 0.1) is 13.8 Å². The van der Waals surface area contributed by atoms with Crippen LogP contribution in [0.4, 0.5) is 0 Å². The Hall–Kier alpha value is -1.54. The third kappa shape index (κ3) is 1.81. The Bertz CT molecular complexity index is 457. The van der Waals surface area contributed by atoms with Crippen LogP contribution in [0.3, 0.4) is 0 Å². The van der Waals surface area contributed by atoms with E-state index in [-0.39, 0.29) is 0 Å². The Morgan fingerprint density at radius 1 is 1.07 bits per heavy atom. The van der Waals surface area contributed by atoms with Crippen molar-refractivity contribution in [3.63, 3.8) is 0 Å². The maximum atomic E-state index is 10.2. The fourth-order valence-corrected chi connectivity index (χ4v) is 1.74. The molecule has 0 aliphatic rings. The van der Waals surface area contributed by atoms with Gasteiger partial charge in [-0.05, 0) is 31.0 Å². The van der Waals surface area contributed by atoms with Crippen LogP contribution in [0.5, 0.6) is 0 Å². The van der Waals surface area contributed by atoms with Crippen LogP contribution in [0.1, 0.15) is 28.6 Å². The van der Waals surface area contributed by atoms with Crippen molar-refractivity contribution in [1.82, 2.24) is 0 Å². The van der Waals surface area contributed by atoms with Gasteiger partial charge >= 0.3 is 0 Å². The zero-order chi connectivity index (χ0) is 10.8. The molecular weight excluding hydrogens is 188 g/mol. The quantitative estimate of drug-likeness (QED) is 0.812. The molecule has 15 heavy (non-hydrogen) atoms. The molecule has 1 atom stereocenters. The molecule has 1 unspecified atom stereocenters. The third-order valence-corrected chi connectivity index (χ3v) is 2.68. The molecule has 0 fully saturated rings. The first-order valence-corrected chi connectivity index (χ1v) is 4.97. The van der Waals surface area contributed by atoms with Crippen LogP contribution < -0.4 is 0 Å². The molecule has 1 aromatic carbocycles. The number of aliphatic hydroxyl groups is 1. The number of benzene rings is 1. The van der Waals surface area contributed by atoms with Gasteiger partial charge in [-0.15, -0.1) is 0 Å². The summed E-state index contributed by atoms with van der Waals surface area (Å²) in [6.45, 7) is 3.85. The Kier molecular flexibility index (Phi) is 2.60. The number of hydrogen-bond donors (Lipinski definition) is 1. The van der Waals surface area contributed by atoms with Gasteiger partial charge in [0.1, 0.15) is 11.9 Å². The molecule has 0 radical (unpaired) electrons. The molecule has 1 N–H and O–H groups in total. The van der Waals surface area contributed by atoms with Gasteiger partial charge in [-0.1, -0.05) is 24.3 Å². The molecule has 1 heterocycles. The number of aryl methyl sites for hydroxylation is 2. The van der Waals surface area contributed by atoms with E-state index in [1.165, 1.54) is 0 Å². The summed E-state index contributed by atoms with van der Waals surface area (Å²) in [5, 5.41) is 10.2. The summed E-state index contributed by atoms with van der Waals surface area (Å²) < 4.78 is 5.19. The lowest BCUT2D eigenvalue weighted by atomic mass is 9.98. The maximum Gasteiger partial charge on any atom is 0.108 e. The molecule has 2 nitrogen and oxygen atoms in total. The molecule has 0 amide bonds. The van der Waals surface area contributed by atoms with Crippen molar-refractivity contribution >= 4 is 0 Å². The molecule has 0 aliphatic heterocycles. The first-order valence-electron chi connectivity index (χ1n) is 4.97. The molecule has 1 aromatic heterocycles. The molecule has 2 heteroatoms. The summed E-state index contributed by atoms with van der Waals surface area (Å²) in [7, 11) is 0. The van der Waals surface area contributed by atoms with E-state index in [4.69, 9.17) is 4.42 Å². The molecule has 0 spiro atoms. The van der Waals surface area contributed by atoms with Gasteiger partial charge in [0.15, 0.2) is 0 Å². The average molecular weight is 202 g/mol. The van der Waals surface area contributed by atoms with Gasteiger partial charge in [-0.3, -0.25) is 0 Å². The van der Waals surface area contributed by atoms with Crippen molar-refractivity contribution < 1.29 is 9.52 Å². The van der Waals surface area contributed by atoms with Gasteiger partial charge in [-0.2, -0.15) is 0 Å². The highest BCUT2D eigenvalue weighted by molar-refractivity contribution is 5.35. The lowest BCUT2D eigenvalue weighted by Crippen LogP contribution is -2.01. The molecule has 0 aliphatic carbocycles. The second kappa shape index (κ2) is 3.91. The van der Waals surface area contributed by atoms with Crippen LogP contribution >= 0.6 is 0 Å². The van der Waals surface area contributed by atoms with Crippen molar-refractivity contribution in [2.75, 3.05) is 0 Å². The fourth-order valence-electron chi connectivity index (χ4n) is 1.74. The largest absolute Gasteiger partial charge is 0.469 e. The monoisotopic (exact) mass is 202 g/mol. The SMILES string of the molecule is Cc1ccccc1C(O)c1ccoc1C. The second-order valence-electron chi connectivity index (χ2n) is 3.69. The molecule has 2 rings (SSSR count). The highest BCUT2D eigenvalue weighted by Crippen LogP contribution is 2.27. The molecule has 0 saturated heterocycles. The van der Waals surface area contributed by atoms with Crippen molar-refractivity contribution in [3.05, 3.63) is 59.0 Å². The molecule has 0 saturated carbocycles. The van der Waals surface area contributed by atoms with Gasteiger partial charge in [0, 0.05) is 5.56 Å². The summed E-state index contributed by atoms with van der Waals surface area (Å²) in [4.78, 5) is 0. The highest BCUT2D eigenvalue weighted by atomic mass is 16.3. The fraction of sp³-hybridized carbons (Fsp3) is 0.231. The molecule has 78 valence electrons. The number of rotatable bonds is 2. The van der Waals surface area contributed by atoms with Crippen molar-refractivity contribution in [2.24, 2.45) is 0 Å². The zero-order valence-corrected chi connectivity index (χ0v) is 8.90. The van der Waals surface area contributed by atoms with E-state index in [9.17, 15) is 5.11 Å². The van der Waals surface area contributed by atoms with Crippen LogP contribution in [0.15, 0.2) is 41.0 Å². The van der Waals surface area contributed by atoms with Gasteiger partial charge in [0.2, 0.25) is 0 Å². The van der Waals surface area contributed by atoms with Crippen molar-refractivity contribution in [2.45, 2.75) is 20.0 Å². The van der Waals surface area contributed by atoms with Gasteiger partial charge in [-0.25, -0.2) is 0 Å². The zero-order valence-electron chi connectivity index (χ0n) is 8.90. The van der Waals surface area contributed by atoms with Crippen LogP contribution in [-0.2, 0) is 0 Å². The Morgan fingerprint density at radius 2 is 1.80 bits per heavy atom. The van der Waals surface area contributed by atoms with Gasteiger partial charge in [0.25, 0.3) is 0 Å². The lowest BCUT2D eigenvalue weighted by molar-refractivity contribution is 0.217. The van der Waals surface area contributed by atoms with E-state index in [0.29, 0.717) is 0 Å². The minimum absolute atomic E-state index is 0.593. The smallest absolute Gasteiger partial charge is 0.108 e. The van der Waals surface area contributed by atoms with Crippen molar-refractivity contribution in [3.8, 4) is 0 Å². The molecular formula is C13H14O2. The number of aliphatic hydroxyl groups excluding tert-OH is 1. The van der Waals surface area contributed by atoms with E-state index >= 15 is 0 Å². The Balaban J connectivity index is 2.41. The first-order chi connectivity index (χ1) is 7.20. The van der Waals surface area contributed by atoms with E-state index < -0.39 is 6.10 Å². The van der Waals surface area contributed by atoms with Crippen molar-refractivity contribution in [1.29, 1.82) is 0 Å². The van der Waals surface area contributed by atoms with Gasteiger partial charge in [0.05, 0.1) is 6.26 Å². The van der Waals surface area contributed by atoms with Crippen LogP contribution in [0.25, 0.3) is 0 Å². The molecule has 2 aromatic rings. The summed E-state index contributed by atoms with van der Waals surface area (Å²) in [6, 6.07) is 9.64. The van der Waals surface area contributed by atoms with E-state index in [2.05, 4.69) is 0 Å². The van der Waals surface area contributed by atoms with E-state index in [1.807, 2.05) is 44.2 Å². The standard InChI is InChI=1S/C13H14O2/c1-9-5-3-4-6-11(9)13(14)12-7-8-15-10(12)2/h3-8,13-14H,1-2H3. The first kappa shape index (κ1) is 9.99. The maximum absolute atomic E-state index is 10.2. The summed E-state index contributed by atoms with van der Waals surface area (Å²) >= 11 is 0. The van der Waals surface area contributed by atoms with Gasteiger partial charge < -0.3 is 9.52 Å². The predicted molar refractivity (Wildman–Crippen MR) is 58.7 cm³/mol. The molecule has 0 bridgehead atoms. The third-order valence-electron chi connectivity index (χ3n) is 2.68. The minimum atomic E-state index is -0.593. The van der Waals surface area contributed by atoms with Crippen LogP contribution in [-0.4, -0.2) is 5.11 Å². The normalized spacial score (nSPS) is 12.7. The topological polar surface area (TPSA) is 33.4 Å². The number of furan rings is 1. The Labute approximate surface area is 89.2 Å². The summed E-state index contributed by atoms with van der Waals surface area (Å²) in [5.74, 6) is 0.769. The summed E-state index contributed by atoms with van der Waals surface area (Å²) in [5.41, 5.74) is 2.86. The average Bonchev–Trinajstić information content (AvgIpc) is 2.64. The minimum Gasteiger partial charge on any atom is -0.469 e. The summed E-state index contributed by atoms with van der Waals surface area (Å²) in [6.07, 6.45) is 1.01. The van der Waals surface area contributed by atoms with E-state index in [0.717, 1.165) is 22.5 Å². The van der Waals surface area contributed by atoms with Crippen LogP contribution in [0.2, 0.25) is 0 Å². The lowest BCUT2D eigenvalue weighted by Gasteiger charge is -2.12.